The molecule has 4 nitrogen and oxygen atoms in total. The smallest absolute Gasteiger partial charge is 0.224 e. The molecule has 1 aromatic heterocycles. The van der Waals surface area contributed by atoms with Crippen molar-refractivity contribution >= 4 is 5.91 Å². The fraction of sp³-hybridized carbons (Fsp3) is 0.500. The van der Waals surface area contributed by atoms with Gasteiger partial charge in [-0.25, -0.2) is 0 Å². The van der Waals surface area contributed by atoms with Crippen LogP contribution in [0.3, 0.4) is 0 Å². The zero-order chi connectivity index (χ0) is 11.8. The summed E-state index contributed by atoms with van der Waals surface area (Å²) in [6, 6.07) is 3.69. The predicted octanol–water partition coefficient (Wildman–Crippen LogP) is 0.901. The molecule has 0 bridgehead atoms. The van der Waals surface area contributed by atoms with Crippen molar-refractivity contribution in [2.75, 3.05) is 6.54 Å². The van der Waals surface area contributed by atoms with E-state index in [0.29, 0.717) is 19.4 Å². The molecule has 4 heteroatoms. The molecule has 0 fully saturated rings. The van der Waals surface area contributed by atoms with E-state index in [1.165, 1.54) is 0 Å². The Morgan fingerprint density at radius 3 is 3.06 bits per heavy atom. The molecule has 0 aliphatic rings. The van der Waals surface area contributed by atoms with Crippen LogP contribution in [0.25, 0.3) is 0 Å². The van der Waals surface area contributed by atoms with Crippen molar-refractivity contribution in [3.05, 3.63) is 30.1 Å². The van der Waals surface area contributed by atoms with E-state index in [1.807, 2.05) is 12.1 Å². The molecule has 0 radical (unpaired) electrons. The second kappa shape index (κ2) is 6.95. The molecule has 0 saturated carbocycles. The number of nitrogens with one attached hydrogen (secondary N) is 1. The van der Waals surface area contributed by atoms with Gasteiger partial charge < -0.3 is 10.4 Å². The number of carbonyl (C=O) groups is 1. The number of aliphatic hydroxyl groups excluding tert-OH is 1. The molecule has 1 rings (SSSR count). The highest BCUT2D eigenvalue weighted by atomic mass is 16.3. The monoisotopic (exact) mass is 222 g/mol. The number of rotatable bonds is 6. The lowest BCUT2D eigenvalue weighted by atomic mass is 10.2. The first-order valence-electron chi connectivity index (χ1n) is 5.52. The standard InChI is InChI=1S/C12H18N2O2/c1-10(15)4-2-7-14-12(16)8-11-5-3-6-13-9-11/h3,5-6,9-10,15H,2,4,7-8H2,1H3,(H,14,16). The van der Waals surface area contributed by atoms with Crippen molar-refractivity contribution in [3.8, 4) is 0 Å². The molecule has 88 valence electrons. The van der Waals surface area contributed by atoms with Crippen LogP contribution in [0.4, 0.5) is 0 Å². The number of nitrogens with zero attached hydrogens (tertiary/aromatic N) is 1. The molecule has 1 heterocycles. The van der Waals surface area contributed by atoms with Crippen LogP contribution in [0.2, 0.25) is 0 Å². The van der Waals surface area contributed by atoms with Gasteiger partial charge in [0.2, 0.25) is 5.91 Å². The molecule has 1 atom stereocenters. The minimum absolute atomic E-state index is 0.00130. The van der Waals surface area contributed by atoms with E-state index >= 15 is 0 Å². The number of carbonyl (C=O) groups excluding carboxylic acids is 1. The van der Waals surface area contributed by atoms with Crippen LogP contribution in [0.5, 0.6) is 0 Å². The summed E-state index contributed by atoms with van der Waals surface area (Å²) < 4.78 is 0. The SMILES string of the molecule is CC(O)CCCNC(=O)Cc1cccnc1. The van der Waals surface area contributed by atoms with Gasteiger partial charge in [0.25, 0.3) is 0 Å². The Morgan fingerprint density at radius 2 is 2.44 bits per heavy atom. The first-order chi connectivity index (χ1) is 7.68. The van der Waals surface area contributed by atoms with Gasteiger partial charge in [-0.15, -0.1) is 0 Å². The number of amides is 1. The molecule has 0 spiro atoms. The van der Waals surface area contributed by atoms with Crippen LogP contribution >= 0.6 is 0 Å². The number of aliphatic hydroxyl groups is 1. The average Bonchev–Trinajstić information content (AvgIpc) is 2.25. The van der Waals surface area contributed by atoms with Crippen molar-refractivity contribution < 1.29 is 9.90 Å². The molecule has 1 amide bonds. The second-order valence-electron chi connectivity index (χ2n) is 3.88. The maximum Gasteiger partial charge on any atom is 0.224 e. The highest BCUT2D eigenvalue weighted by Crippen LogP contribution is 1.97. The Hall–Kier alpha value is -1.42. The summed E-state index contributed by atoms with van der Waals surface area (Å²) in [6.07, 6.45) is 4.96. The lowest BCUT2D eigenvalue weighted by Gasteiger charge is -2.06. The molecule has 0 saturated heterocycles. The Morgan fingerprint density at radius 1 is 1.62 bits per heavy atom. The first-order valence-corrected chi connectivity index (χ1v) is 5.52. The molecular formula is C12H18N2O2. The summed E-state index contributed by atoms with van der Waals surface area (Å²) in [6.45, 7) is 2.36. The molecule has 2 N–H and O–H groups in total. The summed E-state index contributed by atoms with van der Waals surface area (Å²) in [4.78, 5) is 15.4. The van der Waals surface area contributed by atoms with Gasteiger partial charge in [0.15, 0.2) is 0 Å². The minimum Gasteiger partial charge on any atom is -0.393 e. The second-order valence-corrected chi connectivity index (χ2v) is 3.88. The van der Waals surface area contributed by atoms with Crippen molar-refractivity contribution in [2.45, 2.75) is 32.3 Å². The Bertz CT molecular complexity index is 312. The van der Waals surface area contributed by atoms with Crippen molar-refractivity contribution in [2.24, 2.45) is 0 Å². The maximum atomic E-state index is 11.5. The van der Waals surface area contributed by atoms with Crippen molar-refractivity contribution in [1.29, 1.82) is 0 Å². The molecular weight excluding hydrogens is 204 g/mol. The number of pyridine rings is 1. The van der Waals surface area contributed by atoms with Crippen LogP contribution in [0.1, 0.15) is 25.3 Å². The molecule has 0 aromatic carbocycles. The predicted molar refractivity (Wildman–Crippen MR) is 61.9 cm³/mol. The Kier molecular flexibility index (Phi) is 5.50. The fourth-order valence-corrected chi connectivity index (χ4v) is 1.38. The van der Waals surface area contributed by atoms with Crippen LogP contribution in [0.15, 0.2) is 24.5 Å². The lowest BCUT2D eigenvalue weighted by Crippen LogP contribution is -2.26. The van der Waals surface area contributed by atoms with Gasteiger partial charge in [0.05, 0.1) is 12.5 Å². The largest absolute Gasteiger partial charge is 0.393 e. The maximum absolute atomic E-state index is 11.5. The Balaban J connectivity index is 2.17. The van der Waals surface area contributed by atoms with E-state index < -0.39 is 0 Å². The topological polar surface area (TPSA) is 62.2 Å². The highest BCUT2D eigenvalue weighted by Gasteiger charge is 2.02. The molecule has 1 unspecified atom stereocenters. The van der Waals surface area contributed by atoms with E-state index in [9.17, 15) is 4.79 Å². The zero-order valence-corrected chi connectivity index (χ0v) is 9.52. The van der Waals surface area contributed by atoms with Crippen LogP contribution < -0.4 is 5.32 Å². The van der Waals surface area contributed by atoms with Gasteiger partial charge >= 0.3 is 0 Å². The van der Waals surface area contributed by atoms with Gasteiger partial charge in [0.1, 0.15) is 0 Å². The average molecular weight is 222 g/mol. The summed E-state index contributed by atoms with van der Waals surface area (Å²) in [5.41, 5.74) is 0.913. The van der Waals surface area contributed by atoms with E-state index in [0.717, 1.165) is 12.0 Å². The third-order valence-electron chi connectivity index (χ3n) is 2.21. The Labute approximate surface area is 95.7 Å². The van der Waals surface area contributed by atoms with Gasteiger partial charge in [0, 0.05) is 18.9 Å². The quantitative estimate of drug-likeness (QED) is 0.703. The van der Waals surface area contributed by atoms with Crippen LogP contribution in [0, 0.1) is 0 Å². The molecule has 16 heavy (non-hydrogen) atoms. The lowest BCUT2D eigenvalue weighted by molar-refractivity contribution is -0.120. The third kappa shape index (κ3) is 5.46. The van der Waals surface area contributed by atoms with E-state index in [2.05, 4.69) is 10.3 Å². The van der Waals surface area contributed by atoms with Crippen LogP contribution in [-0.2, 0) is 11.2 Å². The number of hydrogen-bond acceptors (Lipinski definition) is 3. The third-order valence-corrected chi connectivity index (χ3v) is 2.21. The first kappa shape index (κ1) is 12.6. The number of aromatic nitrogens is 1. The fourth-order valence-electron chi connectivity index (χ4n) is 1.38. The van der Waals surface area contributed by atoms with E-state index in [1.54, 1.807) is 19.3 Å². The van der Waals surface area contributed by atoms with Crippen molar-refractivity contribution in [1.82, 2.24) is 10.3 Å². The van der Waals surface area contributed by atoms with Crippen molar-refractivity contribution in [3.63, 3.8) is 0 Å². The molecule has 1 aromatic rings. The van der Waals surface area contributed by atoms with E-state index in [4.69, 9.17) is 5.11 Å². The molecule has 0 aliphatic heterocycles. The van der Waals surface area contributed by atoms with Gasteiger partial charge in [-0.2, -0.15) is 0 Å². The summed E-state index contributed by atoms with van der Waals surface area (Å²) >= 11 is 0. The normalized spacial score (nSPS) is 12.1. The van der Waals surface area contributed by atoms with Crippen LogP contribution in [-0.4, -0.2) is 28.6 Å². The summed E-state index contributed by atoms with van der Waals surface area (Å²) in [7, 11) is 0. The van der Waals surface area contributed by atoms with Gasteiger partial charge in [-0.05, 0) is 31.4 Å². The van der Waals surface area contributed by atoms with Gasteiger partial charge in [-0.1, -0.05) is 6.07 Å². The summed E-state index contributed by atoms with van der Waals surface area (Å²) in [5.74, 6) is -0.00130. The molecule has 0 aliphatic carbocycles. The number of hydrogen-bond donors (Lipinski definition) is 2. The highest BCUT2D eigenvalue weighted by molar-refractivity contribution is 5.78. The minimum atomic E-state index is -0.296. The van der Waals surface area contributed by atoms with E-state index in [-0.39, 0.29) is 12.0 Å². The zero-order valence-electron chi connectivity index (χ0n) is 9.52. The summed E-state index contributed by atoms with van der Waals surface area (Å²) in [5, 5.41) is 11.8. The van der Waals surface area contributed by atoms with Gasteiger partial charge in [-0.3, -0.25) is 9.78 Å².